The molecule has 0 aromatic heterocycles. The Bertz CT molecular complexity index is 244. The molecular formula is C11H18O2. The zero-order valence-corrected chi connectivity index (χ0v) is 8.33. The van der Waals surface area contributed by atoms with E-state index in [0.29, 0.717) is 5.92 Å². The predicted molar refractivity (Wildman–Crippen MR) is 51.1 cm³/mol. The summed E-state index contributed by atoms with van der Waals surface area (Å²) >= 11 is 0. The van der Waals surface area contributed by atoms with Crippen LogP contribution < -0.4 is 0 Å². The monoisotopic (exact) mass is 182 g/mol. The summed E-state index contributed by atoms with van der Waals surface area (Å²) in [7, 11) is 0. The normalized spacial score (nSPS) is 47.2. The van der Waals surface area contributed by atoms with Crippen molar-refractivity contribution in [1.29, 1.82) is 0 Å². The topological polar surface area (TPSA) is 40.5 Å². The van der Waals surface area contributed by atoms with Gasteiger partial charge in [-0.3, -0.25) is 0 Å². The van der Waals surface area contributed by atoms with Crippen LogP contribution in [0.5, 0.6) is 0 Å². The van der Waals surface area contributed by atoms with E-state index in [2.05, 4.69) is 20.4 Å². The first kappa shape index (κ1) is 9.22. The van der Waals surface area contributed by atoms with Gasteiger partial charge in [-0.15, -0.1) is 0 Å². The van der Waals surface area contributed by atoms with Gasteiger partial charge in [-0.1, -0.05) is 26.0 Å². The summed E-state index contributed by atoms with van der Waals surface area (Å²) in [5.41, 5.74) is 1.20. The van der Waals surface area contributed by atoms with Gasteiger partial charge in [0.25, 0.3) is 0 Å². The lowest BCUT2D eigenvalue weighted by molar-refractivity contribution is 0.102. The standard InChI is InChI=1S/C11H18O2/c1-6-9-7(5-12)4-8(10(9)13)11(6,2)3/h7-10,12-13H,1,4-5H2,2-3H3/t7-,8-,9+,10+/m1/s1. The quantitative estimate of drug-likeness (QED) is 0.598. The zero-order chi connectivity index (χ0) is 9.80. The molecule has 2 heteroatoms. The molecule has 0 radical (unpaired) electrons. The van der Waals surface area contributed by atoms with Gasteiger partial charge in [0.1, 0.15) is 0 Å². The Morgan fingerprint density at radius 2 is 2.15 bits per heavy atom. The maximum absolute atomic E-state index is 9.96. The van der Waals surface area contributed by atoms with Crippen LogP contribution in [-0.4, -0.2) is 22.9 Å². The van der Waals surface area contributed by atoms with E-state index >= 15 is 0 Å². The fourth-order valence-electron chi connectivity index (χ4n) is 3.21. The van der Waals surface area contributed by atoms with Gasteiger partial charge in [-0.2, -0.15) is 0 Å². The summed E-state index contributed by atoms with van der Waals surface area (Å²) in [6, 6.07) is 0. The zero-order valence-electron chi connectivity index (χ0n) is 8.33. The molecule has 2 aliphatic rings. The molecule has 2 aliphatic carbocycles. The Kier molecular flexibility index (Phi) is 1.83. The maximum atomic E-state index is 9.96. The van der Waals surface area contributed by atoms with Crippen LogP contribution in [0, 0.1) is 23.2 Å². The van der Waals surface area contributed by atoms with Gasteiger partial charge in [0, 0.05) is 12.5 Å². The molecule has 0 unspecified atom stereocenters. The van der Waals surface area contributed by atoms with Gasteiger partial charge >= 0.3 is 0 Å². The first-order valence-corrected chi connectivity index (χ1v) is 4.98. The van der Waals surface area contributed by atoms with Crippen molar-refractivity contribution in [3.8, 4) is 0 Å². The van der Waals surface area contributed by atoms with Crippen molar-refractivity contribution in [1.82, 2.24) is 0 Å². The number of aliphatic hydroxyl groups excluding tert-OH is 2. The van der Waals surface area contributed by atoms with E-state index in [1.54, 1.807) is 0 Å². The molecule has 0 aliphatic heterocycles. The number of hydrogen-bond donors (Lipinski definition) is 2. The van der Waals surface area contributed by atoms with Crippen LogP contribution in [0.4, 0.5) is 0 Å². The number of fused-ring (bicyclic) bond motifs is 2. The smallest absolute Gasteiger partial charge is 0.0645 e. The molecule has 0 aromatic rings. The van der Waals surface area contributed by atoms with Crippen molar-refractivity contribution in [3.05, 3.63) is 12.2 Å². The van der Waals surface area contributed by atoms with Crippen molar-refractivity contribution in [3.63, 3.8) is 0 Å². The number of aliphatic hydroxyl groups is 2. The van der Waals surface area contributed by atoms with E-state index in [4.69, 9.17) is 5.11 Å². The highest BCUT2D eigenvalue weighted by atomic mass is 16.3. The lowest BCUT2D eigenvalue weighted by atomic mass is 9.70. The molecule has 74 valence electrons. The minimum absolute atomic E-state index is 0.0652. The van der Waals surface area contributed by atoms with Gasteiger partial charge < -0.3 is 10.2 Å². The summed E-state index contributed by atoms with van der Waals surface area (Å²) in [5.74, 6) is 0.702. The summed E-state index contributed by atoms with van der Waals surface area (Å²) in [6.07, 6.45) is 0.689. The SMILES string of the molecule is C=C1[C@H]2[C@@H](CO)C[C@H]([C@@H]2O)C1(C)C. The van der Waals surface area contributed by atoms with Gasteiger partial charge in [0.2, 0.25) is 0 Å². The van der Waals surface area contributed by atoms with E-state index in [1.807, 2.05) is 0 Å². The molecule has 2 saturated carbocycles. The van der Waals surface area contributed by atoms with Crippen molar-refractivity contribution >= 4 is 0 Å². The van der Waals surface area contributed by atoms with Crippen LogP contribution >= 0.6 is 0 Å². The first-order valence-electron chi connectivity index (χ1n) is 4.98. The predicted octanol–water partition coefficient (Wildman–Crippen LogP) is 1.19. The van der Waals surface area contributed by atoms with Crippen molar-refractivity contribution in [2.75, 3.05) is 6.61 Å². The molecule has 0 heterocycles. The molecule has 4 atom stereocenters. The molecule has 2 bridgehead atoms. The Labute approximate surface area is 79.3 Å². The molecule has 2 N–H and O–H groups in total. The third kappa shape index (κ3) is 0.960. The molecule has 2 nitrogen and oxygen atoms in total. The van der Waals surface area contributed by atoms with E-state index in [1.165, 1.54) is 0 Å². The summed E-state index contributed by atoms with van der Waals surface area (Å²) in [4.78, 5) is 0. The summed E-state index contributed by atoms with van der Waals surface area (Å²) in [5, 5.41) is 19.1. The minimum Gasteiger partial charge on any atom is -0.396 e. The number of hydrogen-bond acceptors (Lipinski definition) is 2. The Hall–Kier alpha value is -0.340. The Balaban J connectivity index is 2.32. The van der Waals surface area contributed by atoms with E-state index in [0.717, 1.165) is 12.0 Å². The third-order valence-corrected chi connectivity index (χ3v) is 4.24. The highest BCUT2D eigenvalue weighted by molar-refractivity contribution is 5.28. The van der Waals surface area contributed by atoms with Crippen LogP contribution in [0.25, 0.3) is 0 Å². The third-order valence-electron chi connectivity index (χ3n) is 4.24. The van der Waals surface area contributed by atoms with Gasteiger partial charge in [0.05, 0.1) is 6.10 Å². The molecule has 0 amide bonds. The van der Waals surface area contributed by atoms with Crippen LogP contribution in [0.3, 0.4) is 0 Å². The highest BCUT2D eigenvalue weighted by Gasteiger charge is 2.58. The van der Waals surface area contributed by atoms with E-state index < -0.39 is 0 Å². The number of rotatable bonds is 1. The van der Waals surface area contributed by atoms with Crippen molar-refractivity contribution in [2.24, 2.45) is 23.2 Å². The fourth-order valence-corrected chi connectivity index (χ4v) is 3.21. The molecule has 0 spiro atoms. The lowest BCUT2D eigenvalue weighted by Gasteiger charge is -2.34. The van der Waals surface area contributed by atoms with Crippen LogP contribution in [0.1, 0.15) is 20.3 Å². The van der Waals surface area contributed by atoms with Gasteiger partial charge in [-0.05, 0) is 23.7 Å². The van der Waals surface area contributed by atoms with Crippen molar-refractivity contribution < 1.29 is 10.2 Å². The Morgan fingerprint density at radius 3 is 2.54 bits per heavy atom. The molecule has 2 fully saturated rings. The maximum Gasteiger partial charge on any atom is 0.0645 e. The molecule has 0 aromatic carbocycles. The molecule has 13 heavy (non-hydrogen) atoms. The minimum atomic E-state index is -0.264. The van der Waals surface area contributed by atoms with Gasteiger partial charge in [0.15, 0.2) is 0 Å². The second-order valence-corrected chi connectivity index (χ2v) is 5.05. The van der Waals surface area contributed by atoms with Crippen LogP contribution in [0.2, 0.25) is 0 Å². The summed E-state index contributed by atoms with van der Waals surface area (Å²) in [6.45, 7) is 8.55. The largest absolute Gasteiger partial charge is 0.396 e. The lowest BCUT2D eigenvalue weighted by Crippen LogP contribution is -2.28. The summed E-state index contributed by atoms with van der Waals surface area (Å²) < 4.78 is 0. The van der Waals surface area contributed by atoms with Crippen molar-refractivity contribution in [2.45, 2.75) is 26.4 Å². The van der Waals surface area contributed by atoms with Crippen LogP contribution in [-0.2, 0) is 0 Å². The van der Waals surface area contributed by atoms with E-state index in [9.17, 15) is 5.11 Å². The molecule has 0 saturated heterocycles. The first-order chi connectivity index (χ1) is 6.00. The van der Waals surface area contributed by atoms with E-state index in [-0.39, 0.29) is 30.0 Å². The fraction of sp³-hybridized carbons (Fsp3) is 0.818. The van der Waals surface area contributed by atoms with Gasteiger partial charge in [-0.25, -0.2) is 0 Å². The second kappa shape index (κ2) is 2.58. The van der Waals surface area contributed by atoms with Crippen LogP contribution in [0.15, 0.2) is 12.2 Å². The average Bonchev–Trinajstić information content (AvgIpc) is 2.47. The molecular weight excluding hydrogens is 164 g/mol. The second-order valence-electron chi connectivity index (χ2n) is 5.05. The average molecular weight is 182 g/mol. The molecule has 2 rings (SSSR count). The highest BCUT2D eigenvalue weighted by Crippen LogP contribution is 2.60. The Morgan fingerprint density at radius 1 is 1.54 bits per heavy atom.